The molecule has 0 aliphatic carbocycles. The first-order chi connectivity index (χ1) is 10.9. The van der Waals surface area contributed by atoms with E-state index in [4.69, 9.17) is 9.47 Å². The molecule has 23 heavy (non-hydrogen) atoms. The summed E-state index contributed by atoms with van der Waals surface area (Å²) >= 11 is -2.09. The number of hydrogen-bond donors (Lipinski definition) is 0. The van der Waals surface area contributed by atoms with Gasteiger partial charge >= 0.3 is 152 Å². The standard InChI is InChI=1S/C7H17O2Si.3C4H9.Sn/c1-8-7-9-5-6-10(2,3)4;3*1-3-4-2;/h1,5-7H2,2-4H3;3*1,3-4H2,2H3;. The third-order valence-corrected chi connectivity index (χ3v) is 20.9. The maximum absolute atomic E-state index is 6.09. The molecule has 0 bridgehead atoms. The van der Waals surface area contributed by atoms with Crippen molar-refractivity contribution in [2.45, 2.75) is 98.3 Å². The van der Waals surface area contributed by atoms with E-state index in [-0.39, 0.29) is 0 Å². The van der Waals surface area contributed by atoms with Crippen LogP contribution in [0.4, 0.5) is 0 Å². The van der Waals surface area contributed by atoms with Crippen LogP contribution in [0.1, 0.15) is 59.3 Å². The fraction of sp³-hybridized carbons (Fsp3) is 1.00. The Hall–Kier alpha value is 0.936. The molecule has 0 radical (unpaired) electrons. The van der Waals surface area contributed by atoms with Crippen molar-refractivity contribution in [1.29, 1.82) is 0 Å². The van der Waals surface area contributed by atoms with Crippen molar-refractivity contribution in [3.05, 3.63) is 0 Å². The first-order valence-electron chi connectivity index (χ1n) is 10.0. The van der Waals surface area contributed by atoms with Crippen molar-refractivity contribution in [1.82, 2.24) is 0 Å². The quantitative estimate of drug-likeness (QED) is 0.148. The minimum absolute atomic E-state index is 0.535. The molecule has 0 aromatic heterocycles. The average Bonchev–Trinajstić information content (AvgIpc) is 2.50. The van der Waals surface area contributed by atoms with E-state index in [1.54, 1.807) is 0 Å². The number of unbranched alkanes of at least 4 members (excludes halogenated alkanes) is 3. The van der Waals surface area contributed by atoms with Crippen molar-refractivity contribution >= 4 is 26.5 Å². The van der Waals surface area contributed by atoms with Gasteiger partial charge in [-0.15, -0.1) is 0 Å². The van der Waals surface area contributed by atoms with Crippen molar-refractivity contribution in [3.63, 3.8) is 0 Å². The van der Waals surface area contributed by atoms with E-state index in [9.17, 15) is 0 Å². The van der Waals surface area contributed by atoms with E-state index >= 15 is 0 Å². The normalized spacial score (nSPS) is 12.8. The van der Waals surface area contributed by atoms with Crippen molar-refractivity contribution in [3.8, 4) is 0 Å². The predicted molar refractivity (Wildman–Crippen MR) is 110 cm³/mol. The molecule has 0 amide bonds. The summed E-state index contributed by atoms with van der Waals surface area (Å²) in [5.41, 5.74) is 0. The summed E-state index contributed by atoms with van der Waals surface area (Å²) in [5.74, 6) is 0. The summed E-state index contributed by atoms with van der Waals surface area (Å²) in [5, 5.41) is 0. The molecule has 0 spiro atoms. The van der Waals surface area contributed by atoms with Crippen molar-refractivity contribution in [2.24, 2.45) is 0 Å². The first kappa shape index (κ1) is 23.9. The zero-order valence-electron chi connectivity index (χ0n) is 17.0. The molecular formula is C19H44O2SiSn. The molecule has 0 aliphatic heterocycles. The summed E-state index contributed by atoms with van der Waals surface area (Å²) < 4.78 is 17.5. The third-order valence-electron chi connectivity index (χ3n) is 4.75. The van der Waals surface area contributed by atoms with Crippen LogP contribution in [-0.4, -0.2) is 44.5 Å². The van der Waals surface area contributed by atoms with Crippen LogP contribution in [0.25, 0.3) is 0 Å². The second kappa shape index (κ2) is 14.1. The van der Waals surface area contributed by atoms with Crippen molar-refractivity contribution < 1.29 is 9.47 Å². The summed E-state index contributed by atoms with van der Waals surface area (Å²) in [6, 6.07) is 1.24. The van der Waals surface area contributed by atoms with Crippen LogP contribution in [0.2, 0.25) is 39.0 Å². The van der Waals surface area contributed by atoms with Gasteiger partial charge in [-0.25, -0.2) is 0 Å². The van der Waals surface area contributed by atoms with Crippen LogP contribution in [0.5, 0.6) is 0 Å². The molecule has 0 saturated heterocycles. The molecule has 0 aromatic carbocycles. The van der Waals surface area contributed by atoms with Crippen LogP contribution in [0, 0.1) is 0 Å². The van der Waals surface area contributed by atoms with Gasteiger partial charge in [-0.2, -0.15) is 0 Å². The van der Waals surface area contributed by atoms with Gasteiger partial charge in [-0.05, 0) is 0 Å². The van der Waals surface area contributed by atoms with Gasteiger partial charge in [0.2, 0.25) is 0 Å². The Kier molecular flexibility index (Phi) is 14.7. The Morgan fingerprint density at radius 3 is 1.61 bits per heavy atom. The SMILES string of the molecule is CCC[CH2][Sn]([CH2]CCC)([CH2]CCC)[CH2]OCOCC[Si](C)(C)C. The molecule has 0 N–H and O–H groups in total. The van der Waals surface area contributed by atoms with E-state index < -0.39 is 26.5 Å². The van der Waals surface area contributed by atoms with Crippen LogP contribution in [-0.2, 0) is 9.47 Å². The number of rotatable bonds is 16. The van der Waals surface area contributed by atoms with Gasteiger partial charge in [0.05, 0.1) is 0 Å². The molecule has 0 rings (SSSR count). The van der Waals surface area contributed by atoms with Crippen LogP contribution in [0.3, 0.4) is 0 Å². The molecule has 140 valence electrons. The second-order valence-electron chi connectivity index (χ2n) is 8.50. The fourth-order valence-corrected chi connectivity index (χ4v) is 18.1. The van der Waals surface area contributed by atoms with Gasteiger partial charge in [-0.1, -0.05) is 0 Å². The fourth-order valence-electron chi connectivity index (χ4n) is 3.00. The Bertz CT molecular complexity index is 245. The zero-order chi connectivity index (χ0) is 17.6. The Labute approximate surface area is 152 Å². The summed E-state index contributed by atoms with van der Waals surface area (Å²) in [6.45, 7) is 15.6. The molecule has 0 unspecified atom stereocenters. The van der Waals surface area contributed by atoms with Gasteiger partial charge < -0.3 is 0 Å². The summed E-state index contributed by atoms with van der Waals surface area (Å²) in [4.78, 5) is 0. The van der Waals surface area contributed by atoms with E-state index in [1.165, 1.54) is 57.9 Å². The van der Waals surface area contributed by atoms with Gasteiger partial charge in [0, 0.05) is 0 Å². The van der Waals surface area contributed by atoms with Crippen molar-refractivity contribution in [2.75, 3.05) is 18.0 Å². The van der Waals surface area contributed by atoms with E-state index in [0.717, 1.165) is 11.2 Å². The van der Waals surface area contributed by atoms with Crippen LogP contribution < -0.4 is 0 Å². The Balaban J connectivity index is 4.29. The number of hydrogen-bond acceptors (Lipinski definition) is 2. The predicted octanol–water partition coefficient (Wildman–Crippen LogP) is 6.70. The van der Waals surface area contributed by atoms with Crippen LogP contribution >= 0.6 is 0 Å². The topological polar surface area (TPSA) is 18.5 Å². The molecule has 0 aliphatic rings. The molecule has 0 saturated carbocycles. The van der Waals surface area contributed by atoms with E-state index in [2.05, 4.69) is 40.4 Å². The van der Waals surface area contributed by atoms with Gasteiger partial charge in [0.1, 0.15) is 0 Å². The number of ether oxygens (including phenoxy) is 2. The van der Waals surface area contributed by atoms with E-state index in [0.29, 0.717) is 6.79 Å². The molecular weight excluding hydrogens is 407 g/mol. The Morgan fingerprint density at radius 2 is 1.22 bits per heavy atom. The monoisotopic (exact) mass is 452 g/mol. The Morgan fingerprint density at radius 1 is 0.739 bits per heavy atom. The molecule has 2 nitrogen and oxygen atoms in total. The van der Waals surface area contributed by atoms with Gasteiger partial charge in [-0.3, -0.25) is 0 Å². The maximum atomic E-state index is 6.09. The van der Waals surface area contributed by atoms with Crippen LogP contribution in [0.15, 0.2) is 0 Å². The van der Waals surface area contributed by atoms with Gasteiger partial charge in [0.25, 0.3) is 0 Å². The van der Waals surface area contributed by atoms with E-state index in [1.807, 2.05) is 0 Å². The summed E-state index contributed by atoms with van der Waals surface area (Å²) in [6.07, 6.45) is 8.27. The first-order valence-corrected chi connectivity index (χ1v) is 21.8. The zero-order valence-corrected chi connectivity index (χ0v) is 20.9. The summed E-state index contributed by atoms with van der Waals surface area (Å²) in [7, 11) is -0.974. The van der Waals surface area contributed by atoms with Gasteiger partial charge in [0.15, 0.2) is 0 Å². The second-order valence-corrected chi connectivity index (χ2v) is 27.8. The molecule has 0 atom stereocenters. The molecule has 0 fully saturated rings. The molecule has 0 heterocycles. The minimum atomic E-state index is -2.09. The third kappa shape index (κ3) is 13.9. The molecule has 4 heteroatoms. The average molecular weight is 451 g/mol. The molecule has 0 aromatic rings.